The Kier molecular flexibility index (Phi) is 6.76. The summed E-state index contributed by atoms with van der Waals surface area (Å²) in [6, 6.07) is 16.8. The van der Waals surface area contributed by atoms with Gasteiger partial charge in [-0.05, 0) is 49.4 Å². The third kappa shape index (κ3) is 6.27. The van der Waals surface area contributed by atoms with Crippen LogP contribution in [0.15, 0.2) is 59.5 Å². The van der Waals surface area contributed by atoms with Crippen molar-refractivity contribution in [2.75, 3.05) is 6.54 Å². The molecule has 0 bridgehead atoms. The fourth-order valence-corrected chi connectivity index (χ4v) is 3.77. The zero-order chi connectivity index (χ0) is 18.3. The molecule has 0 fully saturated rings. The zero-order valence-corrected chi connectivity index (χ0v) is 15.7. The second-order valence-corrected chi connectivity index (χ2v) is 8.47. The Morgan fingerprint density at radius 2 is 1.56 bits per heavy atom. The minimum absolute atomic E-state index is 0.0150. The van der Waals surface area contributed by atoms with Gasteiger partial charge in [-0.1, -0.05) is 55.8 Å². The van der Waals surface area contributed by atoms with Gasteiger partial charge in [0, 0.05) is 6.54 Å². The first-order valence-electron chi connectivity index (χ1n) is 8.67. The van der Waals surface area contributed by atoms with Gasteiger partial charge in [-0.25, -0.2) is 13.1 Å². The van der Waals surface area contributed by atoms with Gasteiger partial charge in [-0.3, -0.25) is 0 Å². The highest BCUT2D eigenvalue weighted by Gasteiger charge is 2.24. The highest BCUT2D eigenvalue weighted by molar-refractivity contribution is 7.89. The molecule has 0 aromatic heterocycles. The van der Waals surface area contributed by atoms with E-state index in [4.69, 9.17) is 0 Å². The third-order valence-electron chi connectivity index (χ3n) is 4.21. The van der Waals surface area contributed by atoms with E-state index in [0.717, 1.165) is 24.0 Å². The largest absolute Gasteiger partial charge is 0.389 e. The lowest BCUT2D eigenvalue weighted by Gasteiger charge is -2.23. The predicted molar refractivity (Wildman–Crippen MR) is 101 cm³/mol. The second kappa shape index (κ2) is 8.61. The molecule has 0 amide bonds. The van der Waals surface area contributed by atoms with Crippen LogP contribution in [0.2, 0.25) is 0 Å². The molecule has 0 heterocycles. The van der Waals surface area contributed by atoms with Crippen molar-refractivity contribution in [3.8, 4) is 0 Å². The molecular formula is C20H27NO3S. The van der Waals surface area contributed by atoms with E-state index in [-0.39, 0.29) is 11.4 Å². The first kappa shape index (κ1) is 19.6. The molecule has 0 aliphatic carbocycles. The Hall–Kier alpha value is -1.69. The Labute approximate surface area is 151 Å². The SMILES string of the molecule is CCCc1ccc(S(=O)(=O)NCC(C)(O)CCc2ccccc2)cc1. The zero-order valence-electron chi connectivity index (χ0n) is 14.9. The monoisotopic (exact) mass is 361 g/mol. The lowest BCUT2D eigenvalue weighted by molar-refractivity contribution is 0.0565. The van der Waals surface area contributed by atoms with Crippen LogP contribution in [0.3, 0.4) is 0 Å². The van der Waals surface area contributed by atoms with E-state index in [1.54, 1.807) is 19.1 Å². The molecule has 0 saturated carbocycles. The smallest absolute Gasteiger partial charge is 0.240 e. The Bertz CT molecular complexity index is 753. The van der Waals surface area contributed by atoms with Gasteiger partial charge < -0.3 is 5.11 Å². The highest BCUT2D eigenvalue weighted by atomic mass is 32.2. The van der Waals surface area contributed by atoms with Crippen LogP contribution in [0.5, 0.6) is 0 Å². The van der Waals surface area contributed by atoms with Gasteiger partial charge in [0.05, 0.1) is 10.5 Å². The number of aliphatic hydroxyl groups is 1. The van der Waals surface area contributed by atoms with Gasteiger partial charge in [-0.2, -0.15) is 0 Å². The molecule has 0 aliphatic rings. The first-order chi connectivity index (χ1) is 11.8. The molecule has 2 aromatic carbocycles. The molecule has 4 nitrogen and oxygen atoms in total. The predicted octanol–water partition coefficient (Wildman–Crippen LogP) is 3.30. The van der Waals surface area contributed by atoms with Crippen molar-refractivity contribution in [1.82, 2.24) is 4.72 Å². The van der Waals surface area contributed by atoms with E-state index in [1.165, 1.54) is 0 Å². The maximum Gasteiger partial charge on any atom is 0.240 e. The number of benzene rings is 2. The van der Waals surface area contributed by atoms with E-state index in [0.29, 0.717) is 12.8 Å². The van der Waals surface area contributed by atoms with Crippen LogP contribution in [0.4, 0.5) is 0 Å². The molecule has 136 valence electrons. The minimum atomic E-state index is -3.62. The van der Waals surface area contributed by atoms with Gasteiger partial charge >= 0.3 is 0 Å². The van der Waals surface area contributed by atoms with Gasteiger partial charge in [0.1, 0.15) is 0 Å². The van der Waals surface area contributed by atoms with Gasteiger partial charge in [-0.15, -0.1) is 0 Å². The maximum atomic E-state index is 12.4. The first-order valence-corrected chi connectivity index (χ1v) is 10.2. The molecule has 0 aliphatic heterocycles. The van der Waals surface area contributed by atoms with Crippen LogP contribution < -0.4 is 4.72 Å². The summed E-state index contributed by atoms with van der Waals surface area (Å²) in [6.45, 7) is 3.73. The Balaban J connectivity index is 1.93. The standard InChI is InChI=1S/C20H27NO3S/c1-3-7-17-10-12-19(13-11-17)25(23,24)21-16-20(2,22)15-14-18-8-5-4-6-9-18/h4-6,8-13,21-22H,3,7,14-16H2,1-2H3. The average Bonchev–Trinajstić information content (AvgIpc) is 2.60. The molecule has 0 saturated heterocycles. The summed E-state index contributed by atoms with van der Waals surface area (Å²) in [6.07, 6.45) is 3.13. The van der Waals surface area contributed by atoms with Crippen molar-refractivity contribution < 1.29 is 13.5 Å². The summed E-state index contributed by atoms with van der Waals surface area (Å²) in [4.78, 5) is 0.228. The molecule has 1 unspecified atom stereocenters. The van der Waals surface area contributed by atoms with Crippen molar-refractivity contribution in [3.63, 3.8) is 0 Å². The molecule has 0 radical (unpaired) electrons. The fourth-order valence-electron chi connectivity index (χ4n) is 2.60. The van der Waals surface area contributed by atoms with E-state index >= 15 is 0 Å². The molecule has 0 spiro atoms. The summed E-state index contributed by atoms with van der Waals surface area (Å²) in [7, 11) is -3.62. The number of aryl methyl sites for hydroxylation is 2. The van der Waals surface area contributed by atoms with E-state index in [2.05, 4.69) is 11.6 Å². The number of hydrogen-bond acceptors (Lipinski definition) is 3. The van der Waals surface area contributed by atoms with Crippen LogP contribution >= 0.6 is 0 Å². The minimum Gasteiger partial charge on any atom is -0.389 e. The molecule has 2 aromatic rings. The van der Waals surface area contributed by atoms with Crippen molar-refractivity contribution in [3.05, 3.63) is 65.7 Å². The lowest BCUT2D eigenvalue weighted by atomic mass is 9.97. The maximum absolute atomic E-state index is 12.4. The summed E-state index contributed by atoms with van der Waals surface area (Å²) in [5.74, 6) is 0. The number of nitrogens with one attached hydrogen (secondary N) is 1. The molecule has 2 rings (SSSR count). The third-order valence-corrected chi connectivity index (χ3v) is 5.63. The Morgan fingerprint density at radius 3 is 2.16 bits per heavy atom. The number of sulfonamides is 1. The Morgan fingerprint density at radius 1 is 0.960 bits per heavy atom. The molecule has 5 heteroatoms. The van der Waals surface area contributed by atoms with E-state index in [1.807, 2.05) is 42.5 Å². The molecule has 1 atom stereocenters. The lowest BCUT2D eigenvalue weighted by Crippen LogP contribution is -2.40. The molecular weight excluding hydrogens is 334 g/mol. The average molecular weight is 362 g/mol. The van der Waals surface area contributed by atoms with Crippen LogP contribution in [-0.2, 0) is 22.9 Å². The van der Waals surface area contributed by atoms with Crippen molar-refractivity contribution in [2.24, 2.45) is 0 Å². The van der Waals surface area contributed by atoms with Gasteiger partial charge in [0.2, 0.25) is 10.0 Å². The van der Waals surface area contributed by atoms with Gasteiger partial charge in [0.15, 0.2) is 0 Å². The second-order valence-electron chi connectivity index (χ2n) is 6.70. The summed E-state index contributed by atoms with van der Waals surface area (Å²) in [5.41, 5.74) is 1.14. The number of rotatable bonds is 9. The van der Waals surface area contributed by atoms with Gasteiger partial charge in [0.25, 0.3) is 0 Å². The van der Waals surface area contributed by atoms with Crippen LogP contribution in [0.25, 0.3) is 0 Å². The van der Waals surface area contributed by atoms with Crippen molar-refractivity contribution in [1.29, 1.82) is 0 Å². The summed E-state index contributed by atoms with van der Waals surface area (Å²) >= 11 is 0. The fraction of sp³-hybridized carbons (Fsp3) is 0.400. The van der Waals surface area contributed by atoms with E-state index in [9.17, 15) is 13.5 Å². The number of hydrogen-bond donors (Lipinski definition) is 2. The summed E-state index contributed by atoms with van der Waals surface area (Å²) in [5, 5.41) is 10.5. The van der Waals surface area contributed by atoms with Crippen LogP contribution in [0, 0.1) is 0 Å². The molecule has 25 heavy (non-hydrogen) atoms. The van der Waals surface area contributed by atoms with Crippen molar-refractivity contribution >= 4 is 10.0 Å². The highest BCUT2D eigenvalue weighted by Crippen LogP contribution is 2.16. The summed E-state index contributed by atoms with van der Waals surface area (Å²) < 4.78 is 27.3. The van der Waals surface area contributed by atoms with Crippen LogP contribution in [0.1, 0.15) is 37.8 Å². The van der Waals surface area contributed by atoms with E-state index < -0.39 is 15.6 Å². The quantitative estimate of drug-likeness (QED) is 0.720. The normalized spacial score (nSPS) is 14.2. The topological polar surface area (TPSA) is 66.4 Å². The van der Waals surface area contributed by atoms with Crippen molar-refractivity contribution in [2.45, 2.75) is 50.0 Å². The molecule has 2 N–H and O–H groups in total. The van der Waals surface area contributed by atoms with Crippen LogP contribution in [-0.4, -0.2) is 25.7 Å².